The number of imidazole rings is 1. The van der Waals surface area contributed by atoms with Gasteiger partial charge in [0.1, 0.15) is 5.82 Å². The first-order chi connectivity index (χ1) is 9.36. The van der Waals surface area contributed by atoms with E-state index >= 15 is 0 Å². The third-order valence-electron chi connectivity index (χ3n) is 3.17. The maximum absolute atomic E-state index is 5.97. The molecule has 0 amide bonds. The molecule has 0 unspecified atom stereocenters. The summed E-state index contributed by atoms with van der Waals surface area (Å²) in [6.45, 7) is 4.75. The smallest absolute Gasteiger partial charge is 0.124 e. The fraction of sp³-hybridized carbons (Fsp3) is 0.533. The molecule has 0 spiro atoms. The fourth-order valence-corrected chi connectivity index (χ4v) is 2.35. The Morgan fingerprint density at radius 3 is 2.79 bits per heavy atom. The topological polar surface area (TPSA) is 27.1 Å². The van der Waals surface area contributed by atoms with E-state index < -0.39 is 0 Å². The predicted octanol–water partition coefficient (Wildman–Crippen LogP) is 3.98. The number of rotatable bonds is 8. The maximum Gasteiger partial charge on any atom is 0.124 e. The minimum absolute atomic E-state index is 0.450. The maximum atomic E-state index is 5.97. The van der Waals surface area contributed by atoms with Crippen molar-refractivity contribution in [2.45, 2.75) is 38.6 Å². The number of ether oxygens (including phenoxy) is 1. The van der Waals surface area contributed by atoms with Gasteiger partial charge in [0.15, 0.2) is 0 Å². The normalized spacial score (nSPS) is 11.3. The molecule has 1 aromatic carbocycles. The van der Waals surface area contributed by atoms with E-state index in [2.05, 4.69) is 22.5 Å². The average molecular weight is 281 g/mol. The van der Waals surface area contributed by atoms with Crippen LogP contribution >= 0.6 is 11.6 Å². The van der Waals surface area contributed by atoms with E-state index in [9.17, 15) is 0 Å². The lowest BCUT2D eigenvalue weighted by molar-refractivity contribution is 0.126. The Balaban J connectivity index is 1.95. The van der Waals surface area contributed by atoms with Crippen molar-refractivity contribution in [3.8, 4) is 0 Å². The molecule has 0 aliphatic carbocycles. The number of unbranched alkanes of at least 4 members (excludes halogenated alkanes) is 1. The second kappa shape index (κ2) is 7.51. The Morgan fingerprint density at radius 1 is 1.21 bits per heavy atom. The summed E-state index contributed by atoms with van der Waals surface area (Å²) in [5.74, 6) is 1.39. The molecule has 0 atom stereocenters. The van der Waals surface area contributed by atoms with Crippen molar-refractivity contribution in [1.82, 2.24) is 9.55 Å². The van der Waals surface area contributed by atoms with Crippen molar-refractivity contribution in [3.63, 3.8) is 0 Å². The largest absolute Gasteiger partial charge is 0.381 e. The molecular formula is C15H21ClN2O. The van der Waals surface area contributed by atoms with Gasteiger partial charge in [-0.2, -0.15) is 0 Å². The molecule has 19 heavy (non-hydrogen) atoms. The van der Waals surface area contributed by atoms with Crippen molar-refractivity contribution in [3.05, 3.63) is 30.1 Å². The first-order valence-electron chi connectivity index (χ1n) is 6.94. The quantitative estimate of drug-likeness (QED) is 0.540. The van der Waals surface area contributed by atoms with Gasteiger partial charge in [-0.05, 0) is 25.0 Å². The number of alkyl halides is 1. The highest BCUT2D eigenvalue weighted by atomic mass is 35.5. The van der Waals surface area contributed by atoms with Crippen LogP contribution < -0.4 is 0 Å². The van der Waals surface area contributed by atoms with Crippen LogP contribution in [0.25, 0.3) is 11.0 Å². The third-order valence-corrected chi connectivity index (χ3v) is 3.40. The van der Waals surface area contributed by atoms with Crippen LogP contribution in [0, 0.1) is 0 Å². The molecule has 0 radical (unpaired) electrons. The van der Waals surface area contributed by atoms with Gasteiger partial charge < -0.3 is 9.30 Å². The number of fused-ring (bicyclic) bond motifs is 1. The van der Waals surface area contributed by atoms with Crippen LogP contribution in [-0.4, -0.2) is 22.8 Å². The molecule has 0 saturated carbocycles. The van der Waals surface area contributed by atoms with Gasteiger partial charge in [-0.1, -0.05) is 25.5 Å². The number of nitrogens with zero attached hydrogens (tertiary/aromatic N) is 2. The third kappa shape index (κ3) is 3.71. The van der Waals surface area contributed by atoms with Crippen LogP contribution in [0.5, 0.6) is 0 Å². The van der Waals surface area contributed by atoms with Crippen molar-refractivity contribution in [2.75, 3.05) is 13.2 Å². The number of hydrogen-bond acceptors (Lipinski definition) is 2. The van der Waals surface area contributed by atoms with Gasteiger partial charge in [0.25, 0.3) is 0 Å². The minimum Gasteiger partial charge on any atom is -0.381 e. The zero-order valence-electron chi connectivity index (χ0n) is 11.4. The van der Waals surface area contributed by atoms with Crippen LogP contribution in [0.15, 0.2) is 24.3 Å². The van der Waals surface area contributed by atoms with Crippen molar-refractivity contribution in [1.29, 1.82) is 0 Å². The Morgan fingerprint density at radius 2 is 2.00 bits per heavy atom. The summed E-state index contributed by atoms with van der Waals surface area (Å²) in [5, 5.41) is 0. The van der Waals surface area contributed by atoms with E-state index in [4.69, 9.17) is 16.3 Å². The molecule has 0 fully saturated rings. The van der Waals surface area contributed by atoms with Crippen molar-refractivity contribution < 1.29 is 4.74 Å². The molecule has 4 heteroatoms. The van der Waals surface area contributed by atoms with Crippen molar-refractivity contribution in [2.24, 2.45) is 0 Å². The van der Waals surface area contributed by atoms with Gasteiger partial charge in [-0.15, -0.1) is 11.6 Å². The van der Waals surface area contributed by atoms with E-state index in [1.54, 1.807) is 0 Å². The summed E-state index contributed by atoms with van der Waals surface area (Å²) >= 11 is 5.97. The highest BCUT2D eigenvalue weighted by Crippen LogP contribution is 2.17. The Kier molecular flexibility index (Phi) is 5.67. The fourth-order valence-electron chi connectivity index (χ4n) is 2.15. The number of aryl methyl sites for hydroxylation is 1. The van der Waals surface area contributed by atoms with Crippen molar-refractivity contribution >= 4 is 22.6 Å². The summed E-state index contributed by atoms with van der Waals surface area (Å²) in [5.41, 5.74) is 2.18. The number of para-hydroxylation sites is 2. The monoisotopic (exact) mass is 280 g/mol. The second-order valence-electron chi connectivity index (χ2n) is 4.62. The Labute approximate surface area is 119 Å². The van der Waals surface area contributed by atoms with E-state index in [-0.39, 0.29) is 0 Å². The van der Waals surface area contributed by atoms with Crippen LogP contribution in [0.3, 0.4) is 0 Å². The van der Waals surface area contributed by atoms with E-state index in [1.165, 1.54) is 6.42 Å². The lowest BCUT2D eigenvalue weighted by atomic mass is 10.3. The molecule has 1 heterocycles. The number of benzene rings is 1. The van der Waals surface area contributed by atoms with E-state index in [1.807, 2.05) is 18.2 Å². The van der Waals surface area contributed by atoms with Gasteiger partial charge >= 0.3 is 0 Å². The zero-order valence-corrected chi connectivity index (χ0v) is 12.2. The second-order valence-corrected chi connectivity index (χ2v) is 4.89. The molecule has 0 saturated heterocycles. The van der Waals surface area contributed by atoms with Gasteiger partial charge in [-0.3, -0.25) is 0 Å². The molecule has 1 aromatic heterocycles. The van der Waals surface area contributed by atoms with E-state index in [0.717, 1.165) is 49.5 Å². The molecule has 2 aromatic rings. The summed E-state index contributed by atoms with van der Waals surface area (Å²) in [6, 6.07) is 8.16. The Hall–Kier alpha value is -1.06. The number of hydrogen-bond donors (Lipinski definition) is 0. The predicted molar refractivity (Wildman–Crippen MR) is 79.6 cm³/mol. The minimum atomic E-state index is 0.450. The number of halogens is 1. The van der Waals surface area contributed by atoms with Gasteiger partial charge in [-0.25, -0.2) is 4.98 Å². The molecular weight excluding hydrogens is 260 g/mol. The van der Waals surface area contributed by atoms with Gasteiger partial charge in [0.2, 0.25) is 0 Å². The average Bonchev–Trinajstić information content (AvgIpc) is 2.81. The van der Waals surface area contributed by atoms with Crippen LogP contribution in [0.4, 0.5) is 0 Å². The molecule has 2 rings (SSSR count). The summed E-state index contributed by atoms with van der Waals surface area (Å²) in [4.78, 5) is 4.55. The first kappa shape index (κ1) is 14.4. The standard InChI is InChI=1S/C15H21ClN2O/c1-2-3-10-19-11-6-9-18-14-8-5-4-7-13(14)17-15(18)12-16/h4-5,7-8H,2-3,6,9-12H2,1H3. The summed E-state index contributed by atoms with van der Waals surface area (Å²) < 4.78 is 7.79. The zero-order chi connectivity index (χ0) is 13.5. The summed E-state index contributed by atoms with van der Waals surface area (Å²) in [6.07, 6.45) is 3.32. The lowest BCUT2D eigenvalue weighted by Crippen LogP contribution is -2.06. The molecule has 0 bridgehead atoms. The Bertz CT molecular complexity index is 510. The molecule has 104 valence electrons. The van der Waals surface area contributed by atoms with Gasteiger partial charge in [0, 0.05) is 19.8 Å². The number of aromatic nitrogens is 2. The molecule has 0 N–H and O–H groups in total. The van der Waals surface area contributed by atoms with Crippen LogP contribution in [-0.2, 0) is 17.2 Å². The van der Waals surface area contributed by atoms with Crippen LogP contribution in [0.1, 0.15) is 32.0 Å². The molecule has 0 aliphatic rings. The summed E-state index contributed by atoms with van der Waals surface area (Å²) in [7, 11) is 0. The van der Waals surface area contributed by atoms with Crippen LogP contribution in [0.2, 0.25) is 0 Å². The highest BCUT2D eigenvalue weighted by Gasteiger charge is 2.08. The first-order valence-corrected chi connectivity index (χ1v) is 7.48. The lowest BCUT2D eigenvalue weighted by Gasteiger charge is -2.08. The van der Waals surface area contributed by atoms with E-state index in [0.29, 0.717) is 5.88 Å². The SMILES string of the molecule is CCCCOCCCn1c(CCl)nc2ccccc21. The van der Waals surface area contributed by atoms with Gasteiger partial charge in [0.05, 0.1) is 16.9 Å². The molecule has 3 nitrogen and oxygen atoms in total. The highest BCUT2D eigenvalue weighted by molar-refractivity contribution is 6.16. The molecule has 0 aliphatic heterocycles.